The van der Waals surface area contributed by atoms with Crippen LogP contribution in [0.1, 0.15) is 0 Å². The van der Waals surface area contributed by atoms with E-state index in [-0.39, 0.29) is 0 Å². The van der Waals surface area contributed by atoms with Crippen LogP contribution >= 0.6 is 0 Å². The van der Waals surface area contributed by atoms with Gasteiger partial charge in [0.2, 0.25) is 0 Å². The molecule has 0 radical (unpaired) electrons. The Balaban J connectivity index is 1.07. The van der Waals surface area contributed by atoms with Crippen molar-refractivity contribution >= 4 is 32.3 Å². The fourth-order valence-corrected chi connectivity index (χ4v) is 7.53. The standard InChI is InChI=1S/C51H33N3/c1-3-12-34(13-4-1)38-23-24-40-32-44(27-25-39(40)30-38)51-53-49(36-15-5-2-6-16-36)52-50(54-51)43-19-11-18-41(33-43)45-28-29-46(48-21-10-9-20-47(45)48)42-26-22-35-14-7-8-17-37(35)31-42/h1-33H. The van der Waals surface area contributed by atoms with E-state index in [4.69, 9.17) is 15.0 Å². The molecule has 0 bridgehead atoms. The largest absolute Gasteiger partial charge is 0.208 e. The molecule has 3 heteroatoms. The maximum absolute atomic E-state index is 5.12. The molecule has 252 valence electrons. The van der Waals surface area contributed by atoms with Crippen molar-refractivity contribution < 1.29 is 0 Å². The second-order valence-electron chi connectivity index (χ2n) is 13.7. The molecule has 3 nitrogen and oxygen atoms in total. The van der Waals surface area contributed by atoms with Crippen LogP contribution in [0.15, 0.2) is 200 Å². The van der Waals surface area contributed by atoms with Crippen LogP contribution in [0, 0.1) is 0 Å². The molecule has 54 heavy (non-hydrogen) atoms. The molecule has 0 saturated heterocycles. The van der Waals surface area contributed by atoms with E-state index in [1.807, 2.05) is 36.4 Å². The Morgan fingerprint density at radius 3 is 1.31 bits per heavy atom. The molecule has 0 fully saturated rings. The van der Waals surface area contributed by atoms with Crippen molar-refractivity contribution in [1.82, 2.24) is 15.0 Å². The van der Waals surface area contributed by atoms with Gasteiger partial charge in [-0.05, 0) is 90.0 Å². The Morgan fingerprint density at radius 1 is 0.222 bits per heavy atom. The summed E-state index contributed by atoms with van der Waals surface area (Å²) in [5.41, 5.74) is 9.93. The monoisotopic (exact) mass is 687 g/mol. The van der Waals surface area contributed by atoms with Gasteiger partial charge in [0, 0.05) is 16.7 Å². The minimum Gasteiger partial charge on any atom is -0.208 e. The average molecular weight is 688 g/mol. The van der Waals surface area contributed by atoms with Crippen molar-refractivity contribution in [3.05, 3.63) is 200 Å². The van der Waals surface area contributed by atoms with E-state index in [1.54, 1.807) is 0 Å². The molecule has 0 aliphatic heterocycles. The second-order valence-corrected chi connectivity index (χ2v) is 13.7. The van der Waals surface area contributed by atoms with Crippen molar-refractivity contribution in [2.24, 2.45) is 0 Å². The minimum absolute atomic E-state index is 0.636. The summed E-state index contributed by atoms with van der Waals surface area (Å²) in [7, 11) is 0. The van der Waals surface area contributed by atoms with Gasteiger partial charge >= 0.3 is 0 Å². The number of nitrogens with zero attached hydrogens (tertiary/aromatic N) is 3. The lowest BCUT2D eigenvalue weighted by molar-refractivity contribution is 1.07. The lowest BCUT2D eigenvalue weighted by Crippen LogP contribution is -2.00. The molecule has 0 atom stereocenters. The number of benzene rings is 9. The molecule has 1 aromatic heterocycles. The van der Waals surface area contributed by atoms with Gasteiger partial charge in [0.05, 0.1) is 0 Å². The first-order valence-corrected chi connectivity index (χ1v) is 18.3. The van der Waals surface area contributed by atoms with Gasteiger partial charge in [0.15, 0.2) is 17.5 Å². The molecular formula is C51H33N3. The molecule has 0 unspecified atom stereocenters. The quantitative estimate of drug-likeness (QED) is 0.175. The van der Waals surface area contributed by atoms with Crippen LogP contribution in [0.25, 0.3) is 99.9 Å². The topological polar surface area (TPSA) is 38.7 Å². The zero-order chi connectivity index (χ0) is 35.8. The number of hydrogen-bond acceptors (Lipinski definition) is 3. The Bertz CT molecular complexity index is 2990. The first-order valence-electron chi connectivity index (χ1n) is 18.3. The van der Waals surface area contributed by atoms with Crippen LogP contribution < -0.4 is 0 Å². The average Bonchev–Trinajstić information content (AvgIpc) is 3.26. The molecule has 10 aromatic rings. The number of hydrogen-bond donors (Lipinski definition) is 0. The second kappa shape index (κ2) is 13.4. The number of aromatic nitrogens is 3. The normalized spacial score (nSPS) is 11.3. The third-order valence-corrected chi connectivity index (χ3v) is 10.3. The van der Waals surface area contributed by atoms with Gasteiger partial charge in [-0.1, -0.05) is 176 Å². The molecule has 10 rings (SSSR count). The predicted molar refractivity (Wildman–Crippen MR) is 225 cm³/mol. The third kappa shape index (κ3) is 5.88. The summed E-state index contributed by atoms with van der Waals surface area (Å²) in [6.07, 6.45) is 0. The zero-order valence-electron chi connectivity index (χ0n) is 29.4. The van der Waals surface area contributed by atoms with Crippen molar-refractivity contribution in [3.63, 3.8) is 0 Å². The van der Waals surface area contributed by atoms with Crippen LogP contribution in [0.3, 0.4) is 0 Å². The van der Waals surface area contributed by atoms with E-state index in [9.17, 15) is 0 Å². The summed E-state index contributed by atoms with van der Waals surface area (Å²) in [6.45, 7) is 0. The van der Waals surface area contributed by atoms with Crippen LogP contribution in [-0.4, -0.2) is 15.0 Å². The molecule has 9 aromatic carbocycles. The van der Waals surface area contributed by atoms with Gasteiger partial charge in [-0.25, -0.2) is 15.0 Å². The van der Waals surface area contributed by atoms with Gasteiger partial charge < -0.3 is 0 Å². The van der Waals surface area contributed by atoms with Gasteiger partial charge in [0.1, 0.15) is 0 Å². The van der Waals surface area contributed by atoms with E-state index >= 15 is 0 Å². The molecule has 0 amide bonds. The zero-order valence-corrected chi connectivity index (χ0v) is 29.4. The van der Waals surface area contributed by atoms with E-state index in [0.29, 0.717) is 17.5 Å². The van der Waals surface area contributed by atoms with Gasteiger partial charge in [-0.2, -0.15) is 0 Å². The lowest BCUT2D eigenvalue weighted by atomic mass is 9.91. The van der Waals surface area contributed by atoms with E-state index in [2.05, 4.69) is 164 Å². The highest BCUT2D eigenvalue weighted by molar-refractivity contribution is 6.06. The van der Waals surface area contributed by atoms with Crippen molar-refractivity contribution in [2.45, 2.75) is 0 Å². The number of fused-ring (bicyclic) bond motifs is 3. The summed E-state index contributed by atoms with van der Waals surface area (Å²) < 4.78 is 0. The van der Waals surface area contributed by atoms with E-state index in [0.717, 1.165) is 27.6 Å². The highest BCUT2D eigenvalue weighted by atomic mass is 15.0. The van der Waals surface area contributed by atoms with E-state index < -0.39 is 0 Å². The van der Waals surface area contributed by atoms with Crippen LogP contribution in [0.5, 0.6) is 0 Å². The fourth-order valence-electron chi connectivity index (χ4n) is 7.53. The van der Waals surface area contributed by atoms with Gasteiger partial charge in [-0.3, -0.25) is 0 Å². The van der Waals surface area contributed by atoms with Crippen LogP contribution in [-0.2, 0) is 0 Å². The predicted octanol–water partition coefficient (Wildman–Crippen LogP) is 13.3. The fraction of sp³-hybridized carbons (Fsp3) is 0. The highest BCUT2D eigenvalue weighted by Gasteiger charge is 2.15. The molecule has 0 spiro atoms. The first-order chi connectivity index (χ1) is 26.7. The van der Waals surface area contributed by atoms with Crippen LogP contribution in [0.4, 0.5) is 0 Å². The van der Waals surface area contributed by atoms with Crippen LogP contribution in [0.2, 0.25) is 0 Å². The maximum Gasteiger partial charge on any atom is 0.164 e. The van der Waals surface area contributed by atoms with Crippen molar-refractivity contribution in [3.8, 4) is 67.5 Å². The molecule has 1 heterocycles. The maximum atomic E-state index is 5.12. The molecule has 0 saturated carbocycles. The van der Waals surface area contributed by atoms with Gasteiger partial charge in [-0.15, -0.1) is 0 Å². The smallest absolute Gasteiger partial charge is 0.164 e. The van der Waals surface area contributed by atoms with Gasteiger partial charge in [0.25, 0.3) is 0 Å². The molecule has 0 aliphatic carbocycles. The minimum atomic E-state index is 0.636. The Labute approximate surface area is 313 Å². The van der Waals surface area contributed by atoms with Crippen molar-refractivity contribution in [1.29, 1.82) is 0 Å². The summed E-state index contributed by atoms with van der Waals surface area (Å²) in [6, 6.07) is 70.7. The summed E-state index contributed by atoms with van der Waals surface area (Å²) in [4.78, 5) is 15.2. The van der Waals surface area contributed by atoms with E-state index in [1.165, 1.54) is 54.7 Å². The Kier molecular flexibility index (Phi) is 7.81. The summed E-state index contributed by atoms with van der Waals surface area (Å²) in [5, 5.41) is 7.21. The molecule has 0 N–H and O–H groups in total. The summed E-state index contributed by atoms with van der Waals surface area (Å²) >= 11 is 0. The molecular weight excluding hydrogens is 655 g/mol. The number of rotatable bonds is 6. The first kappa shape index (κ1) is 31.5. The third-order valence-electron chi connectivity index (χ3n) is 10.3. The Hall–Kier alpha value is -7.23. The Morgan fingerprint density at radius 2 is 0.630 bits per heavy atom. The lowest BCUT2D eigenvalue weighted by Gasteiger charge is -2.14. The molecule has 0 aliphatic rings. The SMILES string of the molecule is c1ccc(-c2ccc3cc(-c4nc(-c5ccccc5)nc(-c5cccc(-c6ccc(-c7ccc8ccccc8c7)c7ccccc67)c5)n4)ccc3c2)cc1. The highest BCUT2D eigenvalue weighted by Crippen LogP contribution is 2.38. The summed E-state index contributed by atoms with van der Waals surface area (Å²) in [5.74, 6) is 1.92. The van der Waals surface area contributed by atoms with Crippen molar-refractivity contribution in [2.75, 3.05) is 0 Å².